The van der Waals surface area contributed by atoms with Gasteiger partial charge in [0.1, 0.15) is 18.0 Å². The highest BCUT2D eigenvalue weighted by Crippen LogP contribution is 2.23. The standard InChI is InChI=1S/C15H14N2O5/c1-21-12-5-2-10(3-6-12)9-22-15(18)11-4-7-13(16)14(8-11)17(19)20/h2-8H,9,16H2,1H3. The normalized spacial score (nSPS) is 10.0. The van der Waals surface area contributed by atoms with Crippen molar-refractivity contribution in [2.45, 2.75) is 6.61 Å². The molecule has 0 aliphatic carbocycles. The number of nitro benzene ring substituents is 1. The summed E-state index contributed by atoms with van der Waals surface area (Å²) < 4.78 is 10.1. The van der Waals surface area contributed by atoms with Crippen molar-refractivity contribution in [3.8, 4) is 5.75 Å². The van der Waals surface area contributed by atoms with E-state index in [-0.39, 0.29) is 23.5 Å². The van der Waals surface area contributed by atoms with Crippen LogP contribution in [-0.4, -0.2) is 18.0 Å². The Morgan fingerprint density at radius 2 is 1.91 bits per heavy atom. The van der Waals surface area contributed by atoms with Crippen LogP contribution in [-0.2, 0) is 11.3 Å². The van der Waals surface area contributed by atoms with Gasteiger partial charge in [-0.2, -0.15) is 0 Å². The third-order valence-electron chi connectivity index (χ3n) is 2.99. The fourth-order valence-electron chi connectivity index (χ4n) is 1.78. The maximum atomic E-state index is 11.9. The molecule has 0 fully saturated rings. The van der Waals surface area contributed by atoms with E-state index in [1.165, 1.54) is 12.1 Å². The zero-order valence-corrected chi connectivity index (χ0v) is 11.8. The van der Waals surface area contributed by atoms with E-state index in [2.05, 4.69) is 0 Å². The van der Waals surface area contributed by atoms with Gasteiger partial charge in [0.2, 0.25) is 0 Å². The van der Waals surface area contributed by atoms with Crippen LogP contribution in [0.15, 0.2) is 42.5 Å². The number of methoxy groups -OCH3 is 1. The summed E-state index contributed by atoms with van der Waals surface area (Å²) in [6, 6.07) is 10.8. The fraction of sp³-hybridized carbons (Fsp3) is 0.133. The zero-order chi connectivity index (χ0) is 16.1. The van der Waals surface area contributed by atoms with Crippen molar-refractivity contribution < 1.29 is 19.2 Å². The predicted molar refractivity (Wildman–Crippen MR) is 79.6 cm³/mol. The van der Waals surface area contributed by atoms with Gasteiger partial charge in [0.25, 0.3) is 5.69 Å². The summed E-state index contributed by atoms with van der Waals surface area (Å²) in [6.07, 6.45) is 0. The van der Waals surface area contributed by atoms with E-state index < -0.39 is 10.9 Å². The average Bonchev–Trinajstić information content (AvgIpc) is 2.53. The van der Waals surface area contributed by atoms with Crippen molar-refractivity contribution >= 4 is 17.3 Å². The number of nitro groups is 1. The van der Waals surface area contributed by atoms with Crippen molar-refractivity contribution in [2.75, 3.05) is 12.8 Å². The molecule has 0 aromatic heterocycles. The highest BCUT2D eigenvalue weighted by Gasteiger charge is 2.16. The third-order valence-corrected chi connectivity index (χ3v) is 2.99. The Morgan fingerprint density at radius 1 is 1.23 bits per heavy atom. The molecule has 2 N–H and O–H groups in total. The van der Waals surface area contributed by atoms with Crippen molar-refractivity contribution in [1.29, 1.82) is 0 Å². The number of rotatable bonds is 5. The minimum atomic E-state index is -0.654. The highest BCUT2D eigenvalue weighted by atomic mass is 16.6. The number of carbonyl (C=O) groups excluding carboxylic acids is 1. The van der Waals surface area contributed by atoms with Crippen LogP contribution < -0.4 is 10.5 Å². The monoisotopic (exact) mass is 302 g/mol. The molecule has 0 radical (unpaired) electrons. The molecule has 0 amide bonds. The lowest BCUT2D eigenvalue weighted by Gasteiger charge is -2.06. The molecule has 2 aromatic rings. The van der Waals surface area contributed by atoms with E-state index >= 15 is 0 Å². The Kier molecular flexibility index (Phi) is 4.57. The van der Waals surface area contributed by atoms with E-state index in [0.717, 1.165) is 11.6 Å². The van der Waals surface area contributed by atoms with E-state index in [1.54, 1.807) is 31.4 Å². The Labute approximate surface area is 126 Å². The number of carbonyl (C=O) groups is 1. The fourth-order valence-corrected chi connectivity index (χ4v) is 1.78. The van der Waals surface area contributed by atoms with Crippen LogP contribution >= 0.6 is 0 Å². The van der Waals surface area contributed by atoms with Gasteiger partial charge in [-0.3, -0.25) is 10.1 Å². The summed E-state index contributed by atoms with van der Waals surface area (Å²) in [4.78, 5) is 22.1. The van der Waals surface area contributed by atoms with Crippen LogP contribution in [0.4, 0.5) is 11.4 Å². The summed E-state index contributed by atoms with van der Waals surface area (Å²) >= 11 is 0. The summed E-state index contributed by atoms with van der Waals surface area (Å²) in [5.41, 5.74) is 6.01. The molecule has 2 aromatic carbocycles. The summed E-state index contributed by atoms with van der Waals surface area (Å²) in [6.45, 7) is 0.0565. The molecule has 0 saturated carbocycles. The van der Waals surface area contributed by atoms with Crippen LogP contribution in [0.3, 0.4) is 0 Å². The van der Waals surface area contributed by atoms with Crippen LogP contribution in [0, 0.1) is 10.1 Å². The van der Waals surface area contributed by atoms with Crippen molar-refractivity contribution in [2.24, 2.45) is 0 Å². The Balaban J connectivity index is 2.05. The lowest BCUT2D eigenvalue weighted by molar-refractivity contribution is -0.383. The zero-order valence-electron chi connectivity index (χ0n) is 11.8. The molecular formula is C15H14N2O5. The van der Waals surface area contributed by atoms with Crippen molar-refractivity contribution in [1.82, 2.24) is 0 Å². The maximum Gasteiger partial charge on any atom is 0.338 e. The van der Waals surface area contributed by atoms with E-state index in [9.17, 15) is 14.9 Å². The highest BCUT2D eigenvalue weighted by molar-refractivity contribution is 5.91. The molecule has 0 unspecified atom stereocenters. The topological polar surface area (TPSA) is 105 Å². The Bertz CT molecular complexity index is 698. The quantitative estimate of drug-likeness (QED) is 0.394. The molecule has 0 spiro atoms. The van der Waals surface area contributed by atoms with Gasteiger partial charge in [-0.15, -0.1) is 0 Å². The second kappa shape index (κ2) is 6.57. The number of hydrogen-bond acceptors (Lipinski definition) is 6. The van der Waals surface area contributed by atoms with Crippen LogP contribution in [0.5, 0.6) is 5.75 Å². The van der Waals surface area contributed by atoms with E-state index in [0.29, 0.717) is 5.75 Å². The Morgan fingerprint density at radius 3 is 2.50 bits per heavy atom. The van der Waals surface area contributed by atoms with Gasteiger partial charge in [0, 0.05) is 6.07 Å². The molecular weight excluding hydrogens is 288 g/mol. The Hall–Kier alpha value is -3.09. The maximum absolute atomic E-state index is 11.9. The number of nitrogen functional groups attached to an aromatic ring is 1. The van der Waals surface area contributed by atoms with E-state index in [1.807, 2.05) is 0 Å². The first kappa shape index (κ1) is 15.3. The van der Waals surface area contributed by atoms with Gasteiger partial charge in [-0.05, 0) is 29.8 Å². The minimum Gasteiger partial charge on any atom is -0.497 e. The third kappa shape index (κ3) is 3.51. The molecule has 22 heavy (non-hydrogen) atoms. The molecule has 0 atom stereocenters. The van der Waals surface area contributed by atoms with Crippen LogP contribution in [0.25, 0.3) is 0 Å². The molecule has 7 heteroatoms. The molecule has 2 rings (SSSR count). The molecule has 7 nitrogen and oxygen atoms in total. The average molecular weight is 302 g/mol. The molecule has 0 saturated heterocycles. The predicted octanol–water partition coefficient (Wildman–Crippen LogP) is 2.54. The van der Waals surface area contributed by atoms with E-state index in [4.69, 9.17) is 15.2 Å². The van der Waals surface area contributed by atoms with Gasteiger partial charge >= 0.3 is 5.97 Å². The second-order valence-corrected chi connectivity index (χ2v) is 4.45. The second-order valence-electron chi connectivity index (χ2n) is 4.45. The number of hydrogen-bond donors (Lipinski definition) is 1. The molecule has 0 aliphatic heterocycles. The van der Waals surface area contributed by atoms with Gasteiger partial charge in [0.15, 0.2) is 0 Å². The number of esters is 1. The van der Waals surface area contributed by atoms with Gasteiger partial charge < -0.3 is 15.2 Å². The number of ether oxygens (including phenoxy) is 2. The molecule has 0 bridgehead atoms. The van der Waals surface area contributed by atoms with Crippen molar-refractivity contribution in [3.63, 3.8) is 0 Å². The smallest absolute Gasteiger partial charge is 0.338 e. The number of anilines is 1. The SMILES string of the molecule is COc1ccc(COC(=O)c2ccc(N)c([N+](=O)[O-])c2)cc1. The molecule has 0 aliphatic rings. The first-order valence-electron chi connectivity index (χ1n) is 6.35. The molecule has 0 heterocycles. The van der Waals surface area contributed by atoms with Gasteiger partial charge in [-0.1, -0.05) is 12.1 Å². The number of nitrogens with two attached hydrogens (primary N) is 1. The van der Waals surface area contributed by atoms with Crippen LogP contribution in [0.1, 0.15) is 15.9 Å². The summed E-state index contributed by atoms with van der Waals surface area (Å²) in [7, 11) is 1.56. The van der Waals surface area contributed by atoms with Gasteiger partial charge in [-0.25, -0.2) is 4.79 Å². The first-order chi connectivity index (χ1) is 10.5. The molecule has 114 valence electrons. The number of nitrogens with zero attached hydrogens (tertiary/aromatic N) is 1. The lowest BCUT2D eigenvalue weighted by atomic mass is 10.2. The minimum absolute atomic E-state index is 0.00305. The van der Waals surface area contributed by atoms with Crippen molar-refractivity contribution in [3.05, 3.63) is 63.7 Å². The first-order valence-corrected chi connectivity index (χ1v) is 6.35. The lowest BCUT2D eigenvalue weighted by Crippen LogP contribution is -2.06. The summed E-state index contributed by atoms with van der Waals surface area (Å²) in [5.74, 6) is 0.0446. The number of benzene rings is 2. The largest absolute Gasteiger partial charge is 0.497 e. The summed E-state index contributed by atoms with van der Waals surface area (Å²) in [5, 5.41) is 10.8. The van der Waals surface area contributed by atoms with Crippen LogP contribution in [0.2, 0.25) is 0 Å². The van der Waals surface area contributed by atoms with Gasteiger partial charge in [0.05, 0.1) is 17.6 Å².